The predicted octanol–water partition coefficient (Wildman–Crippen LogP) is 4.18. The van der Waals surface area contributed by atoms with Gasteiger partial charge >= 0.3 is 0 Å². The highest BCUT2D eigenvalue weighted by Crippen LogP contribution is 2.33. The van der Waals surface area contributed by atoms with Gasteiger partial charge in [-0.3, -0.25) is 14.9 Å². The van der Waals surface area contributed by atoms with Crippen LogP contribution in [0.25, 0.3) is 10.2 Å². The number of aryl methyl sites for hydroxylation is 2. The van der Waals surface area contributed by atoms with Crippen molar-refractivity contribution in [1.82, 2.24) is 9.97 Å². The van der Waals surface area contributed by atoms with Crippen LogP contribution in [-0.4, -0.2) is 26.6 Å². The Balaban J connectivity index is 1.72. The Bertz CT molecular complexity index is 1070. The first-order chi connectivity index (χ1) is 12.8. The van der Waals surface area contributed by atoms with Crippen LogP contribution in [0.2, 0.25) is 5.02 Å². The number of nitro benzene ring substituents is 1. The van der Waals surface area contributed by atoms with Crippen LogP contribution in [0.4, 0.5) is 17.2 Å². The number of fused-ring (bicyclic) bond motifs is 1. The van der Waals surface area contributed by atoms with Crippen molar-refractivity contribution in [3.63, 3.8) is 0 Å². The number of thioether (sulfide) groups is 1. The third kappa shape index (κ3) is 4.12. The molecular weight excluding hydrogens is 410 g/mol. The number of nitrogens with zero attached hydrogens (tertiary/aromatic N) is 3. The maximum atomic E-state index is 12.2. The molecule has 3 rings (SSSR count). The lowest BCUT2D eigenvalue weighted by atomic mass is 10.2. The summed E-state index contributed by atoms with van der Waals surface area (Å²) >= 11 is 8.63. The smallest absolute Gasteiger partial charge is 0.271 e. The van der Waals surface area contributed by atoms with E-state index in [4.69, 9.17) is 17.3 Å². The quantitative estimate of drug-likeness (QED) is 0.273. The Labute approximate surface area is 167 Å². The highest BCUT2D eigenvalue weighted by atomic mass is 35.5. The largest absolute Gasteiger partial charge is 0.383 e. The summed E-state index contributed by atoms with van der Waals surface area (Å²) in [5, 5.41) is 14.9. The lowest BCUT2D eigenvalue weighted by Crippen LogP contribution is -2.15. The molecule has 0 aliphatic carbocycles. The number of thiophene rings is 1. The zero-order valence-electron chi connectivity index (χ0n) is 14.3. The van der Waals surface area contributed by atoms with Gasteiger partial charge in [0.15, 0.2) is 5.16 Å². The lowest BCUT2D eigenvalue weighted by molar-refractivity contribution is -0.384. The van der Waals surface area contributed by atoms with Crippen molar-refractivity contribution in [2.75, 3.05) is 16.8 Å². The van der Waals surface area contributed by atoms with Gasteiger partial charge in [0.1, 0.15) is 10.6 Å². The molecule has 0 atom stereocenters. The molecule has 0 unspecified atom stereocenters. The topological polar surface area (TPSA) is 124 Å². The molecule has 140 valence electrons. The molecule has 1 aromatic carbocycles. The minimum absolute atomic E-state index is 0.00725. The Hall–Kier alpha value is -2.43. The van der Waals surface area contributed by atoms with E-state index in [1.54, 1.807) is 0 Å². The predicted molar refractivity (Wildman–Crippen MR) is 109 cm³/mol. The van der Waals surface area contributed by atoms with Crippen LogP contribution < -0.4 is 11.1 Å². The van der Waals surface area contributed by atoms with E-state index < -0.39 is 4.92 Å². The molecule has 3 aromatic rings. The number of non-ortho nitro benzene ring substituents is 1. The number of carbonyl (C=O) groups excluding carboxylic acids is 1. The zero-order valence-corrected chi connectivity index (χ0v) is 16.7. The van der Waals surface area contributed by atoms with Gasteiger partial charge in [0.2, 0.25) is 5.91 Å². The Kier molecular flexibility index (Phi) is 5.49. The van der Waals surface area contributed by atoms with Crippen LogP contribution in [-0.2, 0) is 4.79 Å². The van der Waals surface area contributed by atoms with Crippen LogP contribution in [0.15, 0.2) is 23.4 Å². The van der Waals surface area contributed by atoms with Crippen molar-refractivity contribution in [3.8, 4) is 0 Å². The number of amides is 1. The molecule has 2 heterocycles. The third-order valence-corrected chi connectivity index (χ3v) is 6.08. The number of aromatic nitrogens is 2. The number of halogens is 1. The fraction of sp³-hybridized carbons (Fsp3) is 0.188. The second kappa shape index (κ2) is 7.67. The van der Waals surface area contributed by atoms with Crippen molar-refractivity contribution < 1.29 is 9.72 Å². The van der Waals surface area contributed by atoms with Crippen LogP contribution in [0.1, 0.15) is 10.4 Å². The molecule has 0 bridgehead atoms. The third-order valence-electron chi connectivity index (χ3n) is 3.80. The van der Waals surface area contributed by atoms with E-state index >= 15 is 0 Å². The van der Waals surface area contributed by atoms with E-state index in [-0.39, 0.29) is 28.1 Å². The van der Waals surface area contributed by atoms with Gasteiger partial charge in [-0.2, -0.15) is 0 Å². The maximum absolute atomic E-state index is 12.2. The first kappa shape index (κ1) is 19.3. The minimum atomic E-state index is -0.558. The average molecular weight is 424 g/mol. The molecular formula is C16H14ClN5O3S2. The van der Waals surface area contributed by atoms with Gasteiger partial charge < -0.3 is 11.1 Å². The number of anilines is 2. The van der Waals surface area contributed by atoms with Gasteiger partial charge in [0.05, 0.1) is 26.8 Å². The number of nitrogens with one attached hydrogen (secondary N) is 1. The highest BCUT2D eigenvalue weighted by molar-refractivity contribution is 7.99. The standard InChI is InChI=1S/C16H14ClN5O3S2/c1-7-8(2)27-15-13(7)14(18)20-16(21-15)26-6-12(23)19-11-5-9(22(24)25)3-4-10(11)17/h3-5H,6H2,1-2H3,(H,19,23)(H2,18,20,21). The molecule has 0 fully saturated rings. The van der Waals surface area contributed by atoms with E-state index in [1.807, 2.05) is 13.8 Å². The fourth-order valence-electron chi connectivity index (χ4n) is 2.36. The number of benzene rings is 1. The first-order valence-electron chi connectivity index (χ1n) is 7.66. The van der Waals surface area contributed by atoms with Gasteiger partial charge in [-0.25, -0.2) is 9.97 Å². The van der Waals surface area contributed by atoms with Gasteiger partial charge in [0, 0.05) is 17.0 Å². The van der Waals surface area contributed by atoms with Crippen molar-refractivity contribution in [2.24, 2.45) is 0 Å². The molecule has 8 nitrogen and oxygen atoms in total. The summed E-state index contributed by atoms with van der Waals surface area (Å²) in [6.07, 6.45) is 0. The summed E-state index contributed by atoms with van der Waals surface area (Å²) in [4.78, 5) is 33.1. The SMILES string of the molecule is Cc1sc2nc(SCC(=O)Nc3cc([N+](=O)[O-])ccc3Cl)nc(N)c2c1C. The van der Waals surface area contributed by atoms with E-state index in [0.717, 1.165) is 32.4 Å². The summed E-state index contributed by atoms with van der Waals surface area (Å²) in [5.74, 6) is 0.00234. The molecule has 0 aliphatic rings. The number of nitrogens with two attached hydrogens (primary N) is 1. The number of hydrogen-bond donors (Lipinski definition) is 2. The lowest BCUT2D eigenvalue weighted by Gasteiger charge is -2.07. The monoisotopic (exact) mass is 423 g/mol. The van der Waals surface area contributed by atoms with Crippen molar-refractivity contribution in [1.29, 1.82) is 0 Å². The van der Waals surface area contributed by atoms with Crippen molar-refractivity contribution in [2.45, 2.75) is 19.0 Å². The molecule has 0 aliphatic heterocycles. The molecule has 11 heteroatoms. The van der Waals surface area contributed by atoms with E-state index in [2.05, 4.69) is 15.3 Å². The Morgan fingerprint density at radius 1 is 1.41 bits per heavy atom. The number of hydrogen-bond acceptors (Lipinski definition) is 8. The number of nitro groups is 1. The Morgan fingerprint density at radius 2 is 2.15 bits per heavy atom. The molecule has 0 spiro atoms. The summed E-state index contributed by atoms with van der Waals surface area (Å²) < 4.78 is 0. The van der Waals surface area contributed by atoms with Crippen LogP contribution in [0, 0.1) is 24.0 Å². The van der Waals surface area contributed by atoms with Gasteiger partial charge in [-0.15, -0.1) is 11.3 Å². The summed E-state index contributed by atoms with van der Waals surface area (Å²) in [6, 6.07) is 3.84. The molecule has 0 saturated heterocycles. The number of carbonyl (C=O) groups is 1. The summed E-state index contributed by atoms with van der Waals surface area (Å²) in [5.41, 5.74) is 7.10. The molecule has 0 saturated carbocycles. The minimum Gasteiger partial charge on any atom is -0.383 e. The molecule has 2 aromatic heterocycles. The van der Waals surface area contributed by atoms with E-state index in [9.17, 15) is 14.9 Å². The van der Waals surface area contributed by atoms with Crippen molar-refractivity contribution >= 4 is 68.0 Å². The molecule has 27 heavy (non-hydrogen) atoms. The highest BCUT2D eigenvalue weighted by Gasteiger charge is 2.15. The van der Waals surface area contributed by atoms with E-state index in [0.29, 0.717) is 11.0 Å². The van der Waals surface area contributed by atoms with Crippen LogP contribution >= 0.6 is 34.7 Å². The Morgan fingerprint density at radius 3 is 2.85 bits per heavy atom. The fourth-order valence-corrected chi connectivity index (χ4v) is 4.27. The van der Waals surface area contributed by atoms with E-state index in [1.165, 1.54) is 29.5 Å². The summed E-state index contributed by atoms with van der Waals surface area (Å²) in [6.45, 7) is 3.96. The molecule has 0 radical (unpaired) electrons. The van der Waals surface area contributed by atoms with Crippen LogP contribution in [0.3, 0.4) is 0 Å². The number of nitrogen functional groups attached to an aromatic ring is 1. The molecule has 3 N–H and O–H groups in total. The normalized spacial score (nSPS) is 10.9. The summed E-state index contributed by atoms with van der Waals surface area (Å²) in [7, 11) is 0. The maximum Gasteiger partial charge on any atom is 0.271 e. The average Bonchev–Trinajstić information content (AvgIpc) is 2.89. The van der Waals surface area contributed by atoms with Gasteiger partial charge in [-0.1, -0.05) is 23.4 Å². The van der Waals surface area contributed by atoms with Crippen molar-refractivity contribution in [3.05, 3.63) is 43.8 Å². The first-order valence-corrected chi connectivity index (χ1v) is 9.84. The second-order valence-corrected chi connectivity index (χ2v) is 8.17. The second-order valence-electron chi connectivity index (χ2n) is 5.61. The van der Waals surface area contributed by atoms with Gasteiger partial charge in [0.25, 0.3) is 5.69 Å². The zero-order chi connectivity index (χ0) is 19.7. The number of rotatable bonds is 5. The van der Waals surface area contributed by atoms with Gasteiger partial charge in [-0.05, 0) is 25.5 Å². The molecule has 1 amide bonds. The van der Waals surface area contributed by atoms with Crippen LogP contribution in [0.5, 0.6) is 0 Å².